The van der Waals surface area contributed by atoms with E-state index in [1.165, 1.54) is 12.1 Å². The van der Waals surface area contributed by atoms with Crippen molar-refractivity contribution < 1.29 is 9.59 Å². The second kappa shape index (κ2) is 5.47. The Morgan fingerprint density at radius 3 is 2.53 bits per heavy atom. The highest BCUT2D eigenvalue weighted by Crippen LogP contribution is 2.13. The summed E-state index contributed by atoms with van der Waals surface area (Å²) in [6.45, 7) is 0. The molecular formula is C9H12N6O2. The molecule has 1 aromatic rings. The molecule has 0 bridgehead atoms. The van der Waals surface area contributed by atoms with E-state index < -0.39 is 11.9 Å². The molecule has 0 aliphatic rings. The van der Waals surface area contributed by atoms with Crippen molar-refractivity contribution in [2.45, 2.75) is 0 Å². The quantitative estimate of drug-likeness (QED) is 0.145. The van der Waals surface area contributed by atoms with Crippen LogP contribution < -0.4 is 28.1 Å². The van der Waals surface area contributed by atoms with E-state index in [2.05, 4.69) is 4.99 Å². The van der Waals surface area contributed by atoms with Crippen LogP contribution in [0.15, 0.2) is 29.3 Å². The zero-order chi connectivity index (χ0) is 12.8. The summed E-state index contributed by atoms with van der Waals surface area (Å²) in [7, 11) is 0. The minimum absolute atomic E-state index is 0.123. The third-order valence-electron chi connectivity index (χ3n) is 1.72. The minimum atomic E-state index is -0.803. The Morgan fingerprint density at radius 1 is 1.24 bits per heavy atom. The van der Waals surface area contributed by atoms with Crippen LogP contribution in [0, 0.1) is 0 Å². The van der Waals surface area contributed by atoms with Crippen molar-refractivity contribution >= 4 is 23.6 Å². The average molecular weight is 236 g/mol. The summed E-state index contributed by atoms with van der Waals surface area (Å²) in [6, 6.07) is 5.32. The van der Waals surface area contributed by atoms with Crippen LogP contribution in [0.2, 0.25) is 0 Å². The van der Waals surface area contributed by atoms with E-state index in [9.17, 15) is 9.59 Å². The van der Waals surface area contributed by atoms with E-state index >= 15 is 0 Å². The van der Waals surface area contributed by atoms with E-state index in [1.54, 1.807) is 17.6 Å². The smallest absolute Gasteiger partial charge is 0.335 e. The zero-order valence-corrected chi connectivity index (χ0v) is 8.81. The first kappa shape index (κ1) is 12.5. The first-order valence-corrected chi connectivity index (χ1v) is 4.54. The number of urea groups is 1. The maximum absolute atomic E-state index is 11.5. The lowest BCUT2D eigenvalue weighted by atomic mass is 10.2. The van der Waals surface area contributed by atoms with Gasteiger partial charge in [0.25, 0.3) is 5.91 Å². The number of guanidine groups is 1. The SMILES string of the molecule is NNC(=O)NC(=O)c1cccc(N=C(N)N)c1. The van der Waals surface area contributed by atoms with Gasteiger partial charge in [0.05, 0.1) is 5.69 Å². The Hall–Kier alpha value is -2.61. The van der Waals surface area contributed by atoms with Gasteiger partial charge < -0.3 is 11.5 Å². The molecule has 17 heavy (non-hydrogen) atoms. The molecule has 8 heteroatoms. The first-order valence-electron chi connectivity index (χ1n) is 4.54. The number of rotatable bonds is 2. The van der Waals surface area contributed by atoms with Crippen LogP contribution in [0.4, 0.5) is 10.5 Å². The van der Waals surface area contributed by atoms with Crippen LogP contribution in [-0.4, -0.2) is 17.9 Å². The van der Waals surface area contributed by atoms with E-state index in [0.717, 1.165) is 0 Å². The number of imide groups is 1. The minimum Gasteiger partial charge on any atom is -0.370 e. The van der Waals surface area contributed by atoms with E-state index in [0.29, 0.717) is 5.69 Å². The average Bonchev–Trinajstić information content (AvgIpc) is 2.28. The number of benzene rings is 1. The number of aliphatic imine (C=N–C) groups is 1. The number of nitrogens with one attached hydrogen (secondary N) is 2. The molecule has 1 rings (SSSR count). The van der Waals surface area contributed by atoms with Crippen molar-refractivity contribution in [1.29, 1.82) is 0 Å². The number of nitrogens with zero attached hydrogens (tertiary/aromatic N) is 1. The number of hydrogen-bond acceptors (Lipinski definition) is 4. The van der Waals surface area contributed by atoms with Gasteiger partial charge in [-0.25, -0.2) is 15.6 Å². The van der Waals surface area contributed by atoms with Crippen LogP contribution in [0.3, 0.4) is 0 Å². The van der Waals surface area contributed by atoms with Crippen molar-refractivity contribution in [2.75, 3.05) is 0 Å². The molecule has 90 valence electrons. The molecular weight excluding hydrogens is 224 g/mol. The van der Waals surface area contributed by atoms with E-state index in [1.807, 2.05) is 5.32 Å². The van der Waals surface area contributed by atoms with Gasteiger partial charge in [-0.3, -0.25) is 15.5 Å². The van der Waals surface area contributed by atoms with Crippen LogP contribution in [-0.2, 0) is 0 Å². The maximum atomic E-state index is 11.5. The number of carbonyl (C=O) groups is 2. The zero-order valence-electron chi connectivity index (χ0n) is 8.81. The number of carbonyl (C=O) groups excluding carboxylic acids is 2. The van der Waals surface area contributed by atoms with E-state index in [4.69, 9.17) is 17.3 Å². The van der Waals surface area contributed by atoms with Gasteiger partial charge in [0.2, 0.25) is 0 Å². The van der Waals surface area contributed by atoms with Gasteiger partial charge in [0.15, 0.2) is 5.96 Å². The monoisotopic (exact) mass is 236 g/mol. The van der Waals surface area contributed by atoms with Gasteiger partial charge in [0.1, 0.15) is 0 Å². The van der Waals surface area contributed by atoms with Crippen molar-refractivity contribution in [3.8, 4) is 0 Å². The maximum Gasteiger partial charge on any atom is 0.335 e. The lowest BCUT2D eigenvalue weighted by molar-refractivity contribution is 0.0964. The van der Waals surface area contributed by atoms with Gasteiger partial charge in [0, 0.05) is 5.56 Å². The van der Waals surface area contributed by atoms with Crippen LogP contribution in [0.1, 0.15) is 10.4 Å². The Bertz CT molecular complexity index is 466. The summed E-state index contributed by atoms with van der Waals surface area (Å²) in [5, 5.41) is 2.00. The largest absolute Gasteiger partial charge is 0.370 e. The van der Waals surface area contributed by atoms with Crippen LogP contribution in [0.5, 0.6) is 0 Å². The molecule has 3 amide bonds. The highest BCUT2D eigenvalue weighted by atomic mass is 16.2. The number of hydrazine groups is 1. The standard InChI is InChI=1S/C9H12N6O2/c10-8(11)13-6-3-1-2-5(4-6)7(16)14-9(17)15-12/h1-4H,12H2,(H4,10,11,13)(H2,14,15,16,17). The predicted octanol–water partition coefficient (Wildman–Crippen LogP) is -1.10. The topological polar surface area (TPSA) is 149 Å². The summed E-state index contributed by atoms with van der Waals surface area (Å²) in [5.41, 5.74) is 12.8. The highest BCUT2D eigenvalue weighted by Gasteiger charge is 2.09. The molecule has 1 aromatic carbocycles. The Labute approximate surface area is 96.8 Å². The van der Waals surface area contributed by atoms with Gasteiger partial charge in [-0.05, 0) is 18.2 Å². The summed E-state index contributed by atoms with van der Waals surface area (Å²) >= 11 is 0. The fourth-order valence-electron chi connectivity index (χ4n) is 1.08. The number of hydrogen-bond donors (Lipinski definition) is 5. The normalized spacial score (nSPS) is 9.24. The van der Waals surface area contributed by atoms with Gasteiger partial charge in [-0.1, -0.05) is 6.07 Å². The Morgan fingerprint density at radius 2 is 1.94 bits per heavy atom. The predicted molar refractivity (Wildman–Crippen MR) is 62.1 cm³/mol. The summed E-state index contributed by atoms with van der Waals surface area (Å²) in [4.78, 5) is 26.1. The molecule has 8 nitrogen and oxygen atoms in total. The molecule has 8 N–H and O–H groups in total. The van der Waals surface area contributed by atoms with Crippen molar-refractivity contribution in [2.24, 2.45) is 22.3 Å². The highest BCUT2D eigenvalue weighted by molar-refractivity contribution is 6.04. The first-order chi connectivity index (χ1) is 8.02. The van der Waals surface area contributed by atoms with Crippen molar-refractivity contribution in [1.82, 2.24) is 10.7 Å². The lowest BCUT2D eigenvalue weighted by Gasteiger charge is -2.03. The van der Waals surface area contributed by atoms with Crippen molar-refractivity contribution in [3.05, 3.63) is 29.8 Å². The molecule has 0 radical (unpaired) electrons. The Kier molecular flexibility index (Phi) is 4.01. The number of nitrogens with two attached hydrogens (primary N) is 3. The summed E-state index contributed by atoms with van der Waals surface area (Å²) in [5.74, 6) is 4.09. The second-order valence-electron chi connectivity index (χ2n) is 3.01. The third kappa shape index (κ3) is 3.80. The molecule has 0 fully saturated rings. The molecule has 0 spiro atoms. The molecule has 0 atom stereocenters. The molecule has 0 aliphatic carbocycles. The number of amides is 3. The van der Waals surface area contributed by atoms with Crippen LogP contribution >= 0.6 is 0 Å². The molecule has 0 aromatic heterocycles. The third-order valence-corrected chi connectivity index (χ3v) is 1.72. The molecule has 0 aliphatic heterocycles. The molecule has 0 unspecified atom stereocenters. The second-order valence-corrected chi connectivity index (χ2v) is 3.01. The summed E-state index contributed by atoms with van der Waals surface area (Å²) < 4.78 is 0. The fourth-order valence-corrected chi connectivity index (χ4v) is 1.08. The fraction of sp³-hybridized carbons (Fsp3) is 0. The summed E-state index contributed by atoms with van der Waals surface area (Å²) in [6.07, 6.45) is 0. The van der Waals surface area contributed by atoms with Crippen LogP contribution in [0.25, 0.3) is 0 Å². The van der Waals surface area contributed by atoms with Gasteiger partial charge >= 0.3 is 6.03 Å². The Balaban J connectivity index is 2.88. The van der Waals surface area contributed by atoms with E-state index in [-0.39, 0.29) is 11.5 Å². The lowest BCUT2D eigenvalue weighted by Crippen LogP contribution is -2.42. The van der Waals surface area contributed by atoms with Crippen molar-refractivity contribution in [3.63, 3.8) is 0 Å². The molecule has 0 heterocycles. The molecule has 0 saturated carbocycles. The van der Waals surface area contributed by atoms with Gasteiger partial charge in [-0.2, -0.15) is 0 Å². The molecule has 0 saturated heterocycles. The van der Waals surface area contributed by atoms with Gasteiger partial charge in [-0.15, -0.1) is 0 Å².